The Kier molecular flexibility index (Phi) is 1.62. The summed E-state index contributed by atoms with van der Waals surface area (Å²) in [6, 6.07) is 0. The molecule has 0 saturated carbocycles. The molecule has 2 heteroatoms. The molecule has 0 amide bonds. The van der Waals surface area contributed by atoms with Crippen LogP contribution < -0.4 is 0 Å². The zero-order valence-electron chi connectivity index (χ0n) is 6.58. The fourth-order valence-electron chi connectivity index (χ4n) is 1.47. The molecular formula is C9H11NO. The van der Waals surface area contributed by atoms with E-state index in [1.165, 1.54) is 11.3 Å². The first-order valence-electron chi connectivity index (χ1n) is 3.86. The van der Waals surface area contributed by atoms with Crippen LogP contribution in [0.3, 0.4) is 0 Å². The van der Waals surface area contributed by atoms with Crippen molar-refractivity contribution in [1.82, 2.24) is 0 Å². The van der Waals surface area contributed by atoms with E-state index in [0.717, 1.165) is 12.8 Å². The van der Waals surface area contributed by atoms with E-state index in [4.69, 9.17) is 4.74 Å². The first kappa shape index (κ1) is 6.80. The summed E-state index contributed by atoms with van der Waals surface area (Å²) in [4.78, 5) is 4.24. The number of rotatable bonds is 1. The van der Waals surface area contributed by atoms with Crippen LogP contribution in [-0.2, 0) is 4.74 Å². The molecule has 1 aliphatic carbocycles. The maximum absolute atomic E-state index is 5.25. The third-order valence-electron chi connectivity index (χ3n) is 2.17. The first-order chi connectivity index (χ1) is 5.40. The minimum Gasteiger partial charge on any atom is -0.381 e. The predicted octanol–water partition coefficient (Wildman–Crippen LogP) is 1.69. The average Bonchev–Trinajstić information content (AvgIpc) is 2.50. The average molecular weight is 149 g/mol. The smallest absolute Gasteiger partial charge is 0.0661 e. The molecular weight excluding hydrogens is 138 g/mol. The van der Waals surface area contributed by atoms with Crippen molar-refractivity contribution in [2.24, 2.45) is 4.99 Å². The second kappa shape index (κ2) is 2.62. The zero-order chi connectivity index (χ0) is 7.68. The Morgan fingerprint density at radius 2 is 2.55 bits per heavy atom. The first-order valence-corrected chi connectivity index (χ1v) is 3.86. The Balaban J connectivity index is 2.18. The molecule has 0 bridgehead atoms. The van der Waals surface area contributed by atoms with Crippen molar-refractivity contribution in [1.29, 1.82) is 0 Å². The van der Waals surface area contributed by atoms with Gasteiger partial charge in [-0.2, -0.15) is 0 Å². The van der Waals surface area contributed by atoms with Crippen molar-refractivity contribution in [2.45, 2.75) is 18.9 Å². The van der Waals surface area contributed by atoms with Crippen LogP contribution in [0.2, 0.25) is 0 Å². The number of hydrogen-bond donors (Lipinski definition) is 0. The molecule has 0 aromatic rings. The molecule has 0 radical (unpaired) electrons. The van der Waals surface area contributed by atoms with Gasteiger partial charge in [-0.05, 0) is 18.1 Å². The van der Waals surface area contributed by atoms with E-state index in [-0.39, 0.29) is 0 Å². The molecule has 2 aliphatic rings. The van der Waals surface area contributed by atoms with Crippen LogP contribution in [0.15, 0.2) is 28.9 Å². The Hall–Kier alpha value is -0.890. The number of aliphatic imine (C=N–C) groups is 1. The van der Waals surface area contributed by atoms with Gasteiger partial charge in [0.05, 0.1) is 6.10 Å². The van der Waals surface area contributed by atoms with Gasteiger partial charge >= 0.3 is 0 Å². The van der Waals surface area contributed by atoms with Crippen molar-refractivity contribution in [2.75, 3.05) is 7.11 Å². The van der Waals surface area contributed by atoms with E-state index in [0.29, 0.717) is 6.10 Å². The molecule has 0 N–H and O–H groups in total. The normalized spacial score (nSPS) is 27.9. The zero-order valence-corrected chi connectivity index (χ0v) is 6.58. The number of nitrogens with zero attached hydrogens (tertiary/aromatic N) is 1. The summed E-state index contributed by atoms with van der Waals surface area (Å²) >= 11 is 0. The van der Waals surface area contributed by atoms with E-state index >= 15 is 0 Å². The summed E-state index contributed by atoms with van der Waals surface area (Å²) in [6.07, 6.45) is 8.45. The van der Waals surface area contributed by atoms with Crippen LogP contribution in [-0.4, -0.2) is 18.9 Å². The third-order valence-corrected chi connectivity index (χ3v) is 2.17. The number of hydrogen-bond acceptors (Lipinski definition) is 2. The summed E-state index contributed by atoms with van der Waals surface area (Å²) in [6.45, 7) is 0. The van der Waals surface area contributed by atoms with E-state index < -0.39 is 0 Å². The molecule has 11 heavy (non-hydrogen) atoms. The summed E-state index contributed by atoms with van der Waals surface area (Å²) in [5.41, 5.74) is 2.47. The van der Waals surface area contributed by atoms with E-state index in [1.54, 1.807) is 7.11 Å². The maximum atomic E-state index is 5.25. The Bertz CT molecular complexity index is 250. The molecule has 2 nitrogen and oxygen atoms in total. The van der Waals surface area contributed by atoms with Gasteiger partial charge in [0, 0.05) is 25.4 Å². The molecule has 1 unspecified atom stereocenters. The Labute approximate surface area is 66.3 Å². The topological polar surface area (TPSA) is 21.6 Å². The van der Waals surface area contributed by atoms with Crippen LogP contribution in [0.1, 0.15) is 12.8 Å². The van der Waals surface area contributed by atoms with Crippen LogP contribution in [0, 0.1) is 0 Å². The largest absolute Gasteiger partial charge is 0.381 e. The van der Waals surface area contributed by atoms with Crippen LogP contribution in [0.25, 0.3) is 0 Å². The second-order valence-electron chi connectivity index (χ2n) is 2.85. The molecule has 1 atom stereocenters. The fourth-order valence-corrected chi connectivity index (χ4v) is 1.47. The van der Waals surface area contributed by atoms with Crippen LogP contribution >= 0.6 is 0 Å². The van der Waals surface area contributed by atoms with Gasteiger partial charge in [-0.15, -0.1) is 0 Å². The van der Waals surface area contributed by atoms with Crippen molar-refractivity contribution in [3.63, 3.8) is 0 Å². The quantitative estimate of drug-likeness (QED) is 0.556. The molecule has 1 heterocycles. The Morgan fingerprint density at radius 1 is 1.64 bits per heavy atom. The van der Waals surface area contributed by atoms with Gasteiger partial charge in [-0.3, -0.25) is 4.99 Å². The molecule has 1 aliphatic heterocycles. The molecule has 2 rings (SSSR count). The summed E-state index contributed by atoms with van der Waals surface area (Å²) < 4.78 is 5.25. The van der Waals surface area contributed by atoms with Crippen molar-refractivity contribution < 1.29 is 4.74 Å². The summed E-state index contributed by atoms with van der Waals surface area (Å²) in [5.74, 6) is 0. The monoisotopic (exact) mass is 149 g/mol. The van der Waals surface area contributed by atoms with Gasteiger partial charge in [-0.1, -0.05) is 6.08 Å². The summed E-state index contributed by atoms with van der Waals surface area (Å²) in [5, 5.41) is 0. The van der Waals surface area contributed by atoms with Crippen molar-refractivity contribution >= 4 is 5.71 Å². The standard InChI is InChI=1S/C9H11NO/c1-11-8-3-2-7-4-5-10-9(7)6-8/h2,4-5,8H,3,6H2,1H3. The fraction of sp³-hybridized carbons (Fsp3) is 0.444. The SMILES string of the molecule is COC1CC=C2C=CN=C2C1. The molecule has 58 valence electrons. The molecule has 0 saturated heterocycles. The number of allylic oxidation sites excluding steroid dienone is 2. The predicted molar refractivity (Wildman–Crippen MR) is 44.7 cm³/mol. The lowest BCUT2D eigenvalue weighted by Crippen LogP contribution is -2.19. The lowest BCUT2D eigenvalue weighted by atomic mass is 9.96. The Morgan fingerprint density at radius 3 is 3.36 bits per heavy atom. The minimum atomic E-state index is 0.345. The van der Waals surface area contributed by atoms with Gasteiger partial charge < -0.3 is 4.74 Å². The van der Waals surface area contributed by atoms with Crippen molar-refractivity contribution in [3.05, 3.63) is 23.9 Å². The van der Waals surface area contributed by atoms with E-state index in [1.807, 2.05) is 6.20 Å². The highest BCUT2D eigenvalue weighted by molar-refractivity contribution is 6.05. The van der Waals surface area contributed by atoms with Crippen LogP contribution in [0.4, 0.5) is 0 Å². The highest BCUT2D eigenvalue weighted by atomic mass is 16.5. The molecule has 0 spiro atoms. The van der Waals surface area contributed by atoms with E-state index in [2.05, 4.69) is 17.1 Å². The van der Waals surface area contributed by atoms with Crippen LogP contribution in [0.5, 0.6) is 0 Å². The van der Waals surface area contributed by atoms with Gasteiger partial charge in [0.25, 0.3) is 0 Å². The van der Waals surface area contributed by atoms with Gasteiger partial charge in [0.15, 0.2) is 0 Å². The van der Waals surface area contributed by atoms with E-state index in [9.17, 15) is 0 Å². The lowest BCUT2D eigenvalue weighted by Gasteiger charge is -2.18. The number of ether oxygens (including phenoxy) is 1. The highest BCUT2D eigenvalue weighted by Crippen LogP contribution is 2.22. The van der Waals surface area contributed by atoms with Gasteiger partial charge in [-0.25, -0.2) is 0 Å². The molecule has 0 fully saturated rings. The molecule has 0 aromatic carbocycles. The maximum Gasteiger partial charge on any atom is 0.0661 e. The lowest BCUT2D eigenvalue weighted by molar-refractivity contribution is 0.110. The number of methoxy groups -OCH3 is 1. The third kappa shape index (κ3) is 1.14. The van der Waals surface area contributed by atoms with Crippen molar-refractivity contribution in [3.8, 4) is 0 Å². The highest BCUT2D eigenvalue weighted by Gasteiger charge is 2.19. The minimum absolute atomic E-state index is 0.345. The van der Waals surface area contributed by atoms with Gasteiger partial charge in [0.1, 0.15) is 0 Å². The summed E-state index contributed by atoms with van der Waals surface area (Å²) in [7, 11) is 1.76. The second-order valence-corrected chi connectivity index (χ2v) is 2.85. The van der Waals surface area contributed by atoms with Gasteiger partial charge in [0.2, 0.25) is 0 Å². The number of fused-ring (bicyclic) bond motifs is 1. The molecule has 0 aromatic heterocycles.